The first kappa shape index (κ1) is 38.4. The number of carboxylic acids is 2. The topological polar surface area (TPSA) is 188 Å². The molecule has 12 nitrogen and oxygen atoms in total. The van der Waals surface area contributed by atoms with Gasteiger partial charge in [-0.1, -0.05) is 24.3 Å². The highest BCUT2D eigenvalue weighted by Gasteiger charge is 2.38. The van der Waals surface area contributed by atoms with Gasteiger partial charge >= 0.3 is 24.3 Å². The zero-order valence-corrected chi connectivity index (χ0v) is 24.5. The van der Waals surface area contributed by atoms with E-state index < -0.39 is 36.2 Å². The van der Waals surface area contributed by atoms with Crippen LogP contribution in [-0.4, -0.2) is 61.5 Å². The maximum Gasteiger partial charge on any atom is 0.490 e. The maximum absolute atomic E-state index is 12.8. The number of hydrogen-bond donors (Lipinski definition) is 5. The minimum Gasteiger partial charge on any atom is -0.489 e. The average Bonchev–Trinajstić information content (AvgIpc) is 3.03. The van der Waals surface area contributed by atoms with Gasteiger partial charge in [0.15, 0.2) is 0 Å². The summed E-state index contributed by atoms with van der Waals surface area (Å²) in [4.78, 5) is 51.0. The first-order chi connectivity index (χ1) is 22.4. The summed E-state index contributed by atoms with van der Waals surface area (Å²) in [5.41, 5.74) is 5.38. The first-order valence-corrected chi connectivity index (χ1v) is 13.3. The molecular formula is C30H26F6N4O8. The Hall–Kier alpha value is -5.78. The van der Waals surface area contributed by atoms with Crippen molar-refractivity contribution in [2.75, 3.05) is 0 Å². The lowest BCUT2D eigenvalue weighted by molar-refractivity contribution is -0.193. The second-order valence-corrected chi connectivity index (χ2v) is 9.38. The van der Waals surface area contributed by atoms with Crippen molar-refractivity contribution in [3.63, 3.8) is 0 Å². The van der Waals surface area contributed by atoms with Gasteiger partial charge in [0.2, 0.25) is 5.91 Å². The van der Waals surface area contributed by atoms with Crippen LogP contribution in [0.3, 0.4) is 0 Å². The van der Waals surface area contributed by atoms with Crippen molar-refractivity contribution in [2.24, 2.45) is 0 Å². The van der Waals surface area contributed by atoms with Crippen molar-refractivity contribution in [3.8, 4) is 5.75 Å². The van der Waals surface area contributed by atoms with Gasteiger partial charge in [-0.05, 0) is 55.5 Å². The Kier molecular flexibility index (Phi) is 13.8. The molecule has 0 aliphatic carbocycles. The molecule has 18 heteroatoms. The lowest BCUT2D eigenvalue weighted by Gasteiger charge is -2.17. The quantitative estimate of drug-likeness (QED) is 0.0944. The number of carboxylic acid groups (broad SMARTS) is 2. The van der Waals surface area contributed by atoms with Crippen LogP contribution in [0.5, 0.6) is 5.75 Å². The molecule has 1 unspecified atom stereocenters. The van der Waals surface area contributed by atoms with Crippen LogP contribution >= 0.6 is 0 Å². The number of aromatic nitrogens is 2. The van der Waals surface area contributed by atoms with Gasteiger partial charge < -0.3 is 20.3 Å². The van der Waals surface area contributed by atoms with Gasteiger partial charge in [-0.2, -0.15) is 26.3 Å². The minimum absolute atomic E-state index is 0.153. The summed E-state index contributed by atoms with van der Waals surface area (Å²) >= 11 is 0. The molecule has 0 saturated heterocycles. The lowest BCUT2D eigenvalue weighted by Crippen LogP contribution is -2.33. The predicted molar refractivity (Wildman–Crippen MR) is 154 cm³/mol. The monoisotopic (exact) mass is 684 g/mol. The van der Waals surface area contributed by atoms with Crippen molar-refractivity contribution in [2.45, 2.75) is 38.3 Å². The van der Waals surface area contributed by atoms with E-state index in [4.69, 9.17) is 29.7 Å². The van der Waals surface area contributed by atoms with Crippen LogP contribution in [0.2, 0.25) is 0 Å². The van der Waals surface area contributed by atoms with Crippen LogP contribution in [0.4, 0.5) is 26.3 Å². The van der Waals surface area contributed by atoms with Gasteiger partial charge in [0.05, 0.1) is 23.7 Å². The SMILES string of the molecule is Cc1cc(COc2ccc(C(=O)NC(CC(=O)NO)c3ccccn3)cc2)c2ccccc2n1.O=C(O)C(F)(F)F.O=C(O)C(F)(F)F. The lowest BCUT2D eigenvalue weighted by atomic mass is 10.1. The molecular weight excluding hydrogens is 658 g/mol. The Morgan fingerprint density at radius 1 is 0.854 bits per heavy atom. The summed E-state index contributed by atoms with van der Waals surface area (Å²) in [7, 11) is 0. The number of pyridine rings is 2. The molecule has 1 atom stereocenters. The minimum atomic E-state index is -5.08. The van der Waals surface area contributed by atoms with E-state index >= 15 is 0 Å². The molecule has 2 aromatic carbocycles. The fourth-order valence-corrected chi connectivity index (χ4v) is 3.66. The number of hydrogen-bond acceptors (Lipinski definition) is 8. The van der Waals surface area contributed by atoms with Crippen LogP contribution in [0, 0.1) is 6.92 Å². The molecule has 0 aliphatic rings. The number of nitrogens with zero attached hydrogens (tertiary/aromatic N) is 2. The van der Waals surface area contributed by atoms with Crippen molar-refractivity contribution in [3.05, 3.63) is 102 Å². The number of rotatable bonds is 8. The number of alkyl halides is 6. The zero-order chi connectivity index (χ0) is 36.1. The van der Waals surface area contributed by atoms with E-state index in [2.05, 4.69) is 15.3 Å². The fourth-order valence-electron chi connectivity index (χ4n) is 3.66. The number of aryl methyl sites for hydroxylation is 1. The Balaban J connectivity index is 0.000000479. The van der Waals surface area contributed by atoms with Crippen LogP contribution in [0.1, 0.15) is 39.8 Å². The Morgan fingerprint density at radius 3 is 1.94 bits per heavy atom. The van der Waals surface area contributed by atoms with Gasteiger partial charge in [-0.15, -0.1) is 0 Å². The maximum atomic E-state index is 12.8. The predicted octanol–water partition coefficient (Wildman–Crippen LogP) is 5.15. The van der Waals surface area contributed by atoms with Crippen LogP contribution in [-0.2, 0) is 21.0 Å². The number of ether oxygens (including phenoxy) is 1. The van der Waals surface area contributed by atoms with Crippen LogP contribution in [0.25, 0.3) is 10.9 Å². The third-order valence-electron chi connectivity index (χ3n) is 5.79. The van der Waals surface area contributed by atoms with Crippen molar-refractivity contribution < 1.29 is 65.7 Å². The second kappa shape index (κ2) is 17.2. The highest BCUT2D eigenvalue weighted by Crippen LogP contribution is 2.22. The van der Waals surface area contributed by atoms with Crippen LogP contribution in [0.15, 0.2) is 79.0 Å². The highest BCUT2D eigenvalue weighted by atomic mass is 19.4. The zero-order valence-electron chi connectivity index (χ0n) is 24.5. The number of nitrogens with one attached hydrogen (secondary N) is 2. The molecule has 0 spiro atoms. The molecule has 5 N–H and O–H groups in total. The Labute approximate surface area is 267 Å². The van der Waals surface area contributed by atoms with E-state index in [9.17, 15) is 35.9 Å². The smallest absolute Gasteiger partial charge is 0.489 e. The summed E-state index contributed by atoms with van der Waals surface area (Å²) in [5.74, 6) is -5.89. The van der Waals surface area contributed by atoms with E-state index in [0.29, 0.717) is 23.6 Å². The molecule has 256 valence electrons. The van der Waals surface area contributed by atoms with E-state index in [1.54, 1.807) is 54.1 Å². The summed E-state index contributed by atoms with van der Waals surface area (Å²) in [6.07, 6.45) is -8.75. The van der Waals surface area contributed by atoms with Crippen LogP contribution < -0.4 is 15.5 Å². The number of benzene rings is 2. The van der Waals surface area contributed by atoms with E-state index in [0.717, 1.165) is 22.2 Å². The molecule has 0 fully saturated rings. The Morgan fingerprint density at radius 2 is 1.42 bits per heavy atom. The van der Waals surface area contributed by atoms with Gasteiger partial charge in [0, 0.05) is 28.4 Å². The molecule has 2 amide bonds. The summed E-state index contributed by atoms with van der Waals surface area (Å²) in [5, 5.41) is 27.0. The molecule has 2 aromatic heterocycles. The molecule has 2 heterocycles. The van der Waals surface area contributed by atoms with Gasteiger partial charge in [0.1, 0.15) is 12.4 Å². The molecule has 0 saturated carbocycles. The molecule has 0 radical (unpaired) electrons. The van der Waals surface area contributed by atoms with Gasteiger partial charge in [-0.3, -0.25) is 24.8 Å². The van der Waals surface area contributed by atoms with Crippen molar-refractivity contribution >= 4 is 34.7 Å². The average molecular weight is 685 g/mol. The number of carbonyl (C=O) groups is 4. The number of hydroxylamine groups is 1. The molecule has 0 bridgehead atoms. The molecule has 48 heavy (non-hydrogen) atoms. The summed E-state index contributed by atoms with van der Waals surface area (Å²) in [6, 6.07) is 21.2. The van der Waals surface area contributed by atoms with E-state index in [-0.39, 0.29) is 12.3 Å². The summed E-state index contributed by atoms with van der Waals surface area (Å²) < 4.78 is 69.4. The molecule has 4 rings (SSSR count). The fraction of sp³-hybridized carbons (Fsp3) is 0.200. The number of fused-ring (bicyclic) bond motifs is 1. The number of para-hydroxylation sites is 1. The second-order valence-electron chi connectivity index (χ2n) is 9.38. The normalized spacial score (nSPS) is 11.5. The highest BCUT2D eigenvalue weighted by molar-refractivity contribution is 5.95. The third-order valence-corrected chi connectivity index (χ3v) is 5.79. The van der Waals surface area contributed by atoms with Crippen molar-refractivity contribution in [1.82, 2.24) is 20.8 Å². The Bertz CT molecular complexity index is 1680. The largest absolute Gasteiger partial charge is 0.490 e. The standard InChI is InChI=1S/C26H24N4O4.2C2HF3O2/c1-17-14-19(21-6-2-3-7-22(21)28-17)16-34-20-11-9-18(10-12-20)26(32)29-24(15-25(31)30-33)23-8-4-5-13-27-23;2*3-2(4,5)1(6)7/h2-14,24,33H,15-16H2,1H3,(H,29,32)(H,30,31);2*(H,6,7). The van der Waals surface area contributed by atoms with E-state index in [1.807, 2.05) is 37.3 Å². The van der Waals surface area contributed by atoms with Gasteiger partial charge in [-0.25, -0.2) is 15.1 Å². The number of amides is 2. The molecule has 0 aliphatic heterocycles. The number of halogens is 6. The van der Waals surface area contributed by atoms with Crippen molar-refractivity contribution in [1.29, 1.82) is 0 Å². The van der Waals surface area contributed by atoms with E-state index in [1.165, 1.54) is 0 Å². The molecule has 4 aromatic rings. The van der Waals surface area contributed by atoms with Gasteiger partial charge in [0.25, 0.3) is 5.91 Å². The summed E-state index contributed by atoms with van der Waals surface area (Å²) in [6.45, 7) is 2.32. The first-order valence-electron chi connectivity index (χ1n) is 13.3. The number of aliphatic carboxylic acids is 2. The number of carbonyl (C=O) groups excluding carboxylic acids is 2. The third kappa shape index (κ3) is 12.5.